The quantitative estimate of drug-likeness (QED) is 0.188. The van der Waals surface area contributed by atoms with Crippen LogP contribution in [-0.4, -0.2) is 63.1 Å². The lowest BCUT2D eigenvalue weighted by Gasteiger charge is -2.37. The van der Waals surface area contributed by atoms with E-state index in [-0.39, 0.29) is 25.7 Å². The summed E-state index contributed by atoms with van der Waals surface area (Å²) < 4.78 is 158. The third-order valence-corrected chi connectivity index (χ3v) is 8.58. The Morgan fingerprint density at radius 3 is 1.78 bits per heavy atom. The van der Waals surface area contributed by atoms with E-state index >= 15 is 0 Å². The van der Waals surface area contributed by atoms with Gasteiger partial charge in [-0.05, 0) is 72.6 Å². The summed E-state index contributed by atoms with van der Waals surface area (Å²) in [5.41, 5.74) is -0.0435. The van der Waals surface area contributed by atoms with Gasteiger partial charge in [0.25, 0.3) is 0 Å². The summed E-state index contributed by atoms with van der Waals surface area (Å²) >= 11 is 0. The first kappa shape index (κ1) is 38.1. The number of hydrogen-bond acceptors (Lipinski definition) is 7. The van der Waals surface area contributed by atoms with Crippen molar-refractivity contribution in [3.63, 3.8) is 0 Å². The van der Waals surface area contributed by atoms with Gasteiger partial charge >= 0.3 is 40.5 Å². The standard InChI is InChI=1S/C20H21F9O4S.C7H9BO3/c1-4-16(5-2)14-10-9-13(32-3)11-12(14)7-6-8-15(16)33-34(30,31)20(28,29)18(23,24)17(21,22)19(25,26)27;1-11-7-4-2-6(3-5-7)8(9)10/h8-11H,4-7H2,1-3H3;2-5,9-10H,1H3. The molecule has 0 aromatic heterocycles. The number of allylic oxidation sites excluding steroid dienone is 2. The number of fused-ring (bicyclic) bond motifs is 1. The van der Waals surface area contributed by atoms with Gasteiger partial charge in [0.05, 0.1) is 19.6 Å². The summed E-state index contributed by atoms with van der Waals surface area (Å²) in [6.45, 7) is 3.02. The van der Waals surface area contributed by atoms with Crippen molar-refractivity contribution in [3.8, 4) is 11.5 Å². The van der Waals surface area contributed by atoms with E-state index in [1.54, 1.807) is 37.4 Å². The number of halogens is 9. The fourth-order valence-corrected chi connectivity index (χ4v) is 5.63. The third kappa shape index (κ3) is 7.17. The van der Waals surface area contributed by atoms with Crippen LogP contribution < -0.4 is 14.9 Å². The summed E-state index contributed by atoms with van der Waals surface area (Å²) in [5, 5.41) is 10.5. The van der Waals surface area contributed by atoms with Crippen LogP contribution in [0.5, 0.6) is 11.5 Å². The number of methoxy groups -OCH3 is 2. The van der Waals surface area contributed by atoms with E-state index in [4.69, 9.17) is 19.5 Å². The van der Waals surface area contributed by atoms with Crippen molar-refractivity contribution in [2.24, 2.45) is 0 Å². The second-order valence-electron chi connectivity index (χ2n) is 9.77. The van der Waals surface area contributed by atoms with Crippen molar-refractivity contribution in [3.05, 3.63) is 65.4 Å². The Balaban J connectivity index is 0.000000537. The lowest BCUT2D eigenvalue weighted by molar-refractivity contribution is -0.382. The third-order valence-electron chi connectivity index (χ3n) is 7.29. The Morgan fingerprint density at radius 2 is 1.33 bits per heavy atom. The molecule has 3 rings (SSSR count). The molecule has 1 aliphatic rings. The summed E-state index contributed by atoms with van der Waals surface area (Å²) in [7, 11) is -5.50. The lowest BCUT2D eigenvalue weighted by atomic mass is 9.73. The molecule has 0 amide bonds. The second-order valence-corrected chi connectivity index (χ2v) is 11.4. The molecule has 252 valence electrons. The minimum Gasteiger partial charge on any atom is -0.497 e. The molecule has 0 bridgehead atoms. The van der Waals surface area contributed by atoms with Crippen molar-refractivity contribution >= 4 is 22.7 Å². The van der Waals surface area contributed by atoms with E-state index in [0.29, 0.717) is 28.1 Å². The minimum atomic E-state index is -7.37. The first-order chi connectivity index (χ1) is 20.6. The van der Waals surface area contributed by atoms with Gasteiger partial charge in [0.15, 0.2) is 0 Å². The minimum absolute atomic E-state index is 0.00907. The molecule has 2 aromatic rings. The van der Waals surface area contributed by atoms with Crippen LogP contribution in [0.15, 0.2) is 54.3 Å². The molecule has 45 heavy (non-hydrogen) atoms. The van der Waals surface area contributed by atoms with Crippen LogP contribution in [-0.2, 0) is 26.1 Å². The van der Waals surface area contributed by atoms with E-state index in [1.807, 2.05) is 0 Å². The molecule has 0 aliphatic heterocycles. The van der Waals surface area contributed by atoms with Crippen LogP contribution in [0.25, 0.3) is 0 Å². The van der Waals surface area contributed by atoms with Gasteiger partial charge in [-0.2, -0.15) is 47.9 Å². The van der Waals surface area contributed by atoms with Gasteiger partial charge in [0, 0.05) is 0 Å². The fraction of sp³-hybridized carbons (Fsp3) is 0.481. The first-order valence-electron chi connectivity index (χ1n) is 13.1. The molecule has 0 radical (unpaired) electrons. The molecule has 0 saturated carbocycles. The molecule has 1 aliphatic carbocycles. The smallest absolute Gasteiger partial charge is 0.488 e. The zero-order valence-corrected chi connectivity index (χ0v) is 25.1. The highest BCUT2D eigenvalue weighted by atomic mass is 32.2. The monoisotopic (exact) mass is 680 g/mol. The SMILES string of the molecule is CCC1(CC)C(OS(=O)(=O)C(F)(F)C(F)(F)C(F)(F)C(F)(F)F)=CCCc2cc(OC)ccc21.COc1ccc(B(O)O)cc1. The van der Waals surface area contributed by atoms with Gasteiger partial charge in [-0.15, -0.1) is 0 Å². The largest absolute Gasteiger partial charge is 0.497 e. The van der Waals surface area contributed by atoms with Gasteiger partial charge in [-0.3, -0.25) is 0 Å². The van der Waals surface area contributed by atoms with Crippen molar-refractivity contribution < 1.29 is 71.6 Å². The number of rotatable bonds is 10. The highest BCUT2D eigenvalue weighted by molar-refractivity contribution is 7.88. The van der Waals surface area contributed by atoms with Crippen molar-refractivity contribution in [1.29, 1.82) is 0 Å². The second kappa shape index (κ2) is 13.7. The molecule has 2 aromatic carbocycles. The number of ether oxygens (including phenoxy) is 2. The van der Waals surface area contributed by atoms with Crippen LogP contribution in [0.3, 0.4) is 0 Å². The van der Waals surface area contributed by atoms with Crippen molar-refractivity contribution in [2.75, 3.05) is 14.2 Å². The van der Waals surface area contributed by atoms with Crippen LogP contribution >= 0.6 is 0 Å². The van der Waals surface area contributed by atoms with Gasteiger partial charge in [-0.25, -0.2) is 0 Å². The predicted octanol–water partition coefficient (Wildman–Crippen LogP) is 5.73. The fourth-order valence-electron chi connectivity index (χ4n) is 4.62. The van der Waals surface area contributed by atoms with E-state index < -0.39 is 51.7 Å². The summed E-state index contributed by atoms with van der Waals surface area (Å²) in [5.74, 6) is -14.4. The average molecular weight is 680 g/mol. The Morgan fingerprint density at radius 1 is 0.822 bits per heavy atom. The Bertz CT molecular complexity index is 1440. The normalized spacial score (nSPS) is 15.5. The number of alkyl halides is 9. The zero-order chi connectivity index (χ0) is 34.6. The molecule has 0 saturated heterocycles. The predicted molar refractivity (Wildman–Crippen MR) is 145 cm³/mol. The van der Waals surface area contributed by atoms with Crippen LogP contribution in [0, 0.1) is 0 Å². The van der Waals surface area contributed by atoms with Crippen molar-refractivity contribution in [2.45, 2.75) is 68.2 Å². The van der Waals surface area contributed by atoms with Crippen LogP contribution in [0.1, 0.15) is 44.2 Å². The van der Waals surface area contributed by atoms with Gasteiger partial charge in [-0.1, -0.05) is 32.0 Å². The highest BCUT2D eigenvalue weighted by Crippen LogP contribution is 2.56. The lowest BCUT2D eigenvalue weighted by Crippen LogP contribution is -2.63. The van der Waals surface area contributed by atoms with E-state index in [9.17, 15) is 47.9 Å². The Kier molecular flexibility index (Phi) is 11.6. The summed E-state index contributed by atoms with van der Waals surface area (Å²) in [4.78, 5) is 0. The first-order valence-corrected chi connectivity index (χ1v) is 14.5. The van der Waals surface area contributed by atoms with Crippen LogP contribution in [0.2, 0.25) is 0 Å². The zero-order valence-electron chi connectivity index (χ0n) is 24.3. The number of aryl methyl sites for hydroxylation is 1. The molecule has 0 atom stereocenters. The molecule has 0 fully saturated rings. The maximum Gasteiger partial charge on any atom is 0.488 e. The number of benzene rings is 2. The summed E-state index contributed by atoms with van der Waals surface area (Å²) in [6.07, 6.45) is -5.97. The maximum atomic E-state index is 14.2. The molecule has 7 nitrogen and oxygen atoms in total. The average Bonchev–Trinajstić information content (AvgIpc) is 3.12. The molecular weight excluding hydrogens is 650 g/mol. The van der Waals surface area contributed by atoms with Gasteiger partial charge in [0.2, 0.25) is 0 Å². The summed E-state index contributed by atoms with van der Waals surface area (Å²) in [6, 6.07) is 11.1. The van der Waals surface area contributed by atoms with E-state index in [0.717, 1.165) is 6.08 Å². The maximum absolute atomic E-state index is 14.2. The van der Waals surface area contributed by atoms with E-state index in [1.165, 1.54) is 33.1 Å². The molecule has 0 spiro atoms. The van der Waals surface area contributed by atoms with E-state index in [2.05, 4.69) is 4.18 Å². The highest BCUT2D eigenvalue weighted by Gasteiger charge is 2.86. The van der Waals surface area contributed by atoms with Crippen LogP contribution in [0.4, 0.5) is 39.5 Å². The Hall–Kier alpha value is -3.12. The Labute approximate surface area is 253 Å². The van der Waals surface area contributed by atoms with Gasteiger partial charge < -0.3 is 23.7 Å². The molecular formula is C27H30BF9O7S. The molecule has 2 N–H and O–H groups in total. The topological polar surface area (TPSA) is 102 Å². The van der Waals surface area contributed by atoms with Gasteiger partial charge in [0.1, 0.15) is 17.3 Å². The number of hydrogen-bond donors (Lipinski definition) is 2. The molecule has 0 unspecified atom stereocenters. The van der Waals surface area contributed by atoms with Crippen molar-refractivity contribution in [1.82, 2.24) is 0 Å². The molecule has 18 heteroatoms. The molecule has 0 heterocycles.